The summed E-state index contributed by atoms with van der Waals surface area (Å²) in [5.74, 6) is 1.44. The molecule has 0 saturated carbocycles. The molecule has 10 heteroatoms. The van der Waals surface area contributed by atoms with Crippen LogP contribution in [-0.2, 0) is 11.3 Å². The van der Waals surface area contributed by atoms with Crippen LogP contribution >= 0.6 is 0 Å². The number of H-pyrrole nitrogens is 1. The maximum atomic E-state index is 6.38. The highest BCUT2D eigenvalue weighted by molar-refractivity contribution is 6.06. The van der Waals surface area contributed by atoms with Gasteiger partial charge in [-0.3, -0.25) is 10.00 Å². The van der Waals surface area contributed by atoms with Crippen molar-refractivity contribution in [2.24, 2.45) is 0 Å². The number of hydrogen-bond donors (Lipinski definition) is 1. The van der Waals surface area contributed by atoms with Gasteiger partial charge >= 0.3 is 0 Å². The van der Waals surface area contributed by atoms with Crippen molar-refractivity contribution in [2.45, 2.75) is 6.54 Å². The Labute approximate surface area is 207 Å². The molecule has 0 spiro atoms. The Morgan fingerprint density at radius 1 is 0.917 bits per heavy atom. The number of aromatic nitrogens is 5. The van der Waals surface area contributed by atoms with E-state index in [-0.39, 0.29) is 0 Å². The molecule has 6 heterocycles. The molecule has 36 heavy (non-hydrogen) atoms. The standard InChI is InChI=1S/C26H28N8O2/c1-32-7-9-33(10-8-32)16-17-5-6-19-22-23(36-26(19)28-17)25(34-11-13-35-14-12-34)30-24(29-22)18-3-2-4-21-20(18)15-27-31-21/h2-6,15H,7-14,16H2,1H3,(H,27,31). The summed E-state index contributed by atoms with van der Waals surface area (Å²) in [5.41, 5.74) is 4.98. The minimum Gasteiger partial charge on any atom is -0.432 e. The molecule has 0 atom stereocenters. The van der Waals surface area contributed by atoms with E-state index in [9.17, 15) is 0 Å². The molecule has 0 aliphatic carbocycles. The van der Waals surface area contributed by atoms with E-state index in [1.54, 1.807) is 0 Å². The van der Waals surface area contributed by atoms with Crippen LogP contribution in [0.15, 0.2) is 40.9 Å². The number of nitrogens with zero attached hydrogens (tertiary/aromatic N) is 7. The van der Waals surface area contributed by atoms with Crippen molar-refractivity contribution >= 4 is 38.9 Å². The molecule has 5 aromatic rings. The van der Waals surface area contributed by atoms with Crippen molar-refractivity contribution in [3.05, 3.63) is 42.2 Å². The Kier molecular flexibility index (Phi) is 5.30. The van der Waals surface area contributed by atoms with Gasteiger partial charge in [0.15, 0.2) is 17.2 Å². The minimum atomic E-state index is 0.610. The third-order valence-electron chi connectivity index (χ3n) is 7.24. The smallest absolute Gasteiger partial charge is 0.229 e. The zero-order valence-electron chi connectivity index (χ0n) is 20.3. The molecule has 184 valence electrons. The molecule has 1 N–H and O–H groups in total. The van der Waals surface area contributed by atoms with Gasteiger partial charge in [0.2, 0.25) is 5.71 Å². The van der Waals surface area contributed by atoms with Gasteiger partial charge in [-0.1, -0.05) is 12.1 Å². The van der Waals surface area contributed by atoms with Crippen LogP contribution < -0.4 is 4.90 Å². The van der Waals surface area contributed by atoms with Crippen LogP contribution in [0.1, 0.15) is 5.69 Å². The summed E-state index contributed by atoms with van der Waals surface area (Å²) >= 11 is 0. The van der Waals surface area contributed by atoms with Crippen molar-refractivity contribution in [1.82, 2.24) is 34.9 Å². The molecule has 2 aliphatic heterocycles. The maximum absolute atomic E-state index is 6.38. The molecule has 7 rings (SSSR count). The zero-order valence-corrected chi connectivity index (χ0v) is 20.3. The number of ether oxygens (including phenoxy) is 1. The summed E-state index contributed by atoms with van der Waals surface area (Å²) in [5, 5.41) is 9.16. The molecule has 2 aliphatic rings. The Balaban J connectivity index is 1.35. The molecule has 0 amide bonds. The minimum absolute atomic E-state index is 0.610. The molecule has 2 saturated heterocycles. The summed E-state index contributed by atoms with van der Waals surface area (Å²) in [4.78, 5) is 22.0. The Morgan fingerprint density at radius 3 is 2.64 bits per heavy atom. The third kappa shape index (κ3) is 3.78. The van der Waals surface area contributed by atoms with E-state index >= 15 is 0 Å². The van der Waals surface area contributed by atoms with Gasteiger partial charge in [0.1, 0.15) is 5.52 Å². The predicted octanol–water partition coefficient (Wildman–Crippen LogP) is 2.90. The Bertz CT molecular complexity index is 1550. The number of likely N-dealkylation sites (N-methyl/N-ethyl adjacent to an activating group) is 1. The lowest BCUT2D eigenvalue weighted by Gasteiger charge is -2.31. The number of anilines is 1. The van der Waals surface area contributed by atoms with Crippen molar-refractivity contribution in [2.75, 3.05) is 64.4 Å². The molecule has 0 radical (unpaired) electrons. The number of morpholine rings is 1. The molecule has 4 aromatic heterocycles. The first-order valence-electron chi connectivity index (χ1n) is 12.5. The number of piperazine rings is 1. The lowest BCUT2D eigenvalue weighted by Crippen LogP contribution is -2.43. The van der Waals surface area contributed by atoms with Crippen LogP contribution in [0.25, 0.3) is 44.5 Å². The molecule has 0 bridgehead atoms. The molecule has 0 unspecified atom stereocenters. The van der Waals surface area contributed by atoms with Gasteiger partial charge in [-0.25, -0.2) is 15.0 Å². The zero-order chi connectivity index (χ0) is 24.1. The second-order valence-corrected chi connectivity index (χ2v) is 9.62. The highest BCUT2D eigenvalue weighted by Gasteiger charge is 2.24. The first-order chi connectivity index (χ1) is 17.7. The van der Waals surface area contributed by atoms with E-state index in [1.165, 1.54) is 0 Å². The van der Waals surface area contributed by atoms with Crippen LogP contribution in [0.4, 0.5) is 5.82 Å². The quantitative estimate of drug-likeness (QED) is 0.413. The van der Waals surface area contributed by atoms with Crippen LogP contribution in [0.5, 0.6) is 0 Å². The Hall–Kier alpha value is -3.60. The third-order valence-corrected chi connectivity index (χ3v) is 7.24. The fraction of sp³-hybridized carbons (Fsp3) is 0.385. The summed E-state index contributed by atoms with van der Waals surface area (Å²) in [6, 6.07) is 10.2. The Morgan fingerprint density at radius 2 is 1.78 bits per heavy atom. The number of hydrogen-bond acceptors (Lipinski definition) is 9. The van der Waals surface area contributed by atoms with E-state index in [2.05, 4.69) is 44.1 Å². The van der Waals surface area contributed by atoms with Crippen LogP contribution in [0.3, 0.4) is 0 Å². The van der Waals surface area contributed by atoms with E-state index in [0.717, 1.165) is 84.7 Å². The number of aromatic amines is 1. The van der Waals surface area contributed by atoms with E-state index < -0.39 is 0 Å². The fourth-order valence-electron chi connectivity index (χ4n) is 5.14. The maximum Gasteiger partial charge on any atom is 0.229 e. The van der Waals surface area contributed by atoms with E-state index in [4.69, 9.17) is 24.1 Å². The lowest BCUT2D eigenvalue weighted by atomic mass is 10.1. The summed E-state index contributed by atoms with van der Waals surface area (Å²) < 4.78 is 12.0. The first kappa shape index (κ1) is 21.7. The average Bonchev–Trinajstić information content (AvgIpc) is 3.54. The van der Waals surface area contributed by atoms with Gasteiger partial charge in [-0.05, 0) is 25.2 Å². The molecule has 10 nitrogen and oxygen atoms in total. The van der Waals surface area contributed by atoms with Gasteiger partial charge in [0.05, 0.1) is 36.0 Å². The van der Waals surface area contributed by atoms with E-state index in [1.807, 2.05) is 24.4 Å². The van der Waals surface area contributed by atoms with Crippen molar-refractivity contribution in [1.29, 1.82) is 0 Å². The monoisotopic (exact) mass is 484 g/mol. The second kappa shape index (κ2) is 8.81. The molecular formula is C26H28N8O2. The van der Waals surface area contributed by atoms with Crippen LogP contribution in [0.2, 0.25) is 0 Å². The predicted molar refractivity (Wildman–Crippen MR) is 138 cm³/mol. The van der Waals surface area contributed by atoms with Crippen LogP contribution in [-0.4, -0.2) is 94.5 Å². The number of pyridine rings is 1. The molecule has 2 fully saturated rings. The lowest BCUT2D eigenvalue weighted by molar-refractivity contribution is 0.122. The average molecular weight is 485 g/mol. The fourth-order valence-corrected chi connectivity index (χ4v) is 5.14. The topological polar surface area (TPSA) is 99.4 Å². The van der Waals surface area contributed by atoms with Crippen molar-refractivity contribution in [3.8, 4) is 11.4 Å². The van der Waals surface area contributed by atoms with Crippen LogP contribution in [0, 0.1) is 0 Å². The van der Waals surface area contributed by atoms with Gasteiger partial charge in [0.25, 0.3) is 0 Å². The largest absolute Gasteiger partial charge is 0.432 e. The normalized spacial score (nSPS) is 18.1. The highest BCUT2D eigenvalue weighted by Crippen LogP contribution is 2.36. The summed E-state index contributed by atoms with van der Waals surface area (Å²) in [6.45, 7) is 7.89. The van der Waals surface area contributed by atoms with E-state index in [0.29, 0.717) is 30.3 Å². The second-order valence-electron chi connectivity index (χ2n) is 9.62. The summed E-state index contributed by atoms with van der Waals surface area (Å²) in [7, 11) is 2.17. The van der Waals surface area contributed by atoms with Gasteiger partial charge in [-0.2, -0.15) is 5.10 Å². The van der Waals surface area contributed by atoms with Crippen molar-refractivity contribution in [3.63, 3.8) is 0 Å². The van der Waals surface area contributed by atoms with Gasteiger partial charge in [-0.15, -0.1) is 0 Å². The van der Waals surface area contributed by atoms with Crippen molar-refractivity contribution < 1.29 is 9.15 Å². The molecule has 1 aromatic carbocycles. The SMILES string of the molecule is CN1CCN(Cc2ccc3c(n2)oc2c(N4CCOCC4)nc(-c4cccc5[nH]ncc45)nc23)CC1. The number of nitrogens with one attached hydrogen (secondary N) is 1. The first-order valence-corrected chi connectivity index (χ1v) is 12.5. The number of fused-ring (bicyclic) bond motifs is 4. The highest BCUT2D eigenvalue weighted by atomic mass is 16.5. The van der Waals surface area contributed by atoms with Gasteiger partial charge < -0.3 is 19.0 Å². The number of furan rings is 1. The van der Waals surface area contributed by atoms with Gasteiger partial charge in [0, 0.05) is 56.8 Å². The number of rotatable bonds is 4. The summed E-state index contributed by atoms with van der Waals surface area (Å²) in [6.07, 6.45) is 1.83. The number of benzene rings is 1. The molecular weight excluding hydrogens is 456 g/mol.